The van der Waals surface area contributed by atoms with E-state index >= 15 is 0 Å². The van der Waals surface area contributed by atoms with Crippen molar-refractivity contribution in [2.75, 3.05) is 6.54 Å². The van der Waals surface area contributed by atoms with Crippen molar-refractivity contribution in [3.63, 3.8) is 0 Å². The van der Waals surface area contributed by atoms with E-state index in [1.807, 2.05) is 19.1 Å². The Hall–Kier alpha value is -1.46. The van der Waals surface area contributed by atoms with Crippen LogP contribution in [-0.2, 0) is 6.54 Å². The topological polar surface area (TPSA) is 77.7 Å². The molecule has 1 aliphatic rings. The molecule has 2 unspecified atom stereocenters. The average Bonchev–Trinajstić information content (AvgIpc) is 2.90. The van der Waals surface area contributed by atoms with Crippen LogP contribution >= 0.6 is 0 Å². The number of hydrogen-bond donors (Lipinski definition) is 4. The maximum absolute atomic E-state index is 9.83. The third-order valence-electron chi connectivity index (χ3n) is 3.78. The van der Waals surface area contributed by atoms with Gasteiger partial charge in [-0.05, 0) is 25.5 Å². The molecule has 1 heterocycles. The zero-order valence-corrected chi connectivity index (χ0v) is 12.9. The van der Waals surface area contributed by atoms with Gasteiger partial charge in [-0.25, -0.2) is 0 Å². The van der Waals surface area contributed by atoms with E-state index in [4.69, 9.17) is 4.42 Å². The summed E-state index contributed by atoms with van der Waals surface area (Å²) in [5.41, 5.74) is 1.38. The predicted molar refractivity (Wildman–Crippen MR) is 81.5 cm³/mol. The molecule has 118 valence electrons. The lowest BCUT2D eigenvalue weighted by molar-refractivity contribution is 0.0245. The first-order chi connectivity index (χ1) is 10.1. The second-order valence-electron chi connectivity index (χ2n) is 5.57. The summed E-state index contributed by atoms with van der Waals surface area (Å²) >= 11 is 0. The Morgan fingerprint density at radius 3 is 2.38 bits per heavy atom. The smallest absolute Gasteiger partial charge is 0.127 e. The highest BCUT2D eigenvalue weighted by Gasteiger charge is 2.38. The molecule has 1 aromatic rings. The van der Waals surface area contributed by atoms with E-state index < -0.39 is 12.2 Å². The third kappa shape index (κ3) is 4.02. The lowest BCUT2D eigenvalue weighted by atomic mass is 9.93. The molecule has 0 saturated heterocycles. The molecule has 0 saturated carbocycles. The van der Waals surface area contributed by atoms with Crippen LogP contribution in [0.25, 0.3) is 0 Å². The molecule has 5 heteroatoms. The van der Waals surface area contributed by atoms with E-state index in [1.165, 1.54) is 19.3 Å². The number of rotatable bonds is 9. The molecule has 21 heavy (non-hydrogen) atoms. The molecule has 0 radical (unpaired) electrons. The Morgan fingerprint density at radius 1 is 1.05 bits per heavy atom. The zero-order chi connectivity index (χ0) is 15.2. The molecule has 4 N–H and O–H groups in total. The van der Waals surface area contributed by atoms with Gasteiger partial charge in [-0.1, -0.05) is 26.2 Å². The van der Waals surface area contributed by atoms with Crippen LogP contribution in [0.3, 0.4) is 0 Å². The van der Waals surface area contributed by atoms with Crippen LogP contribution in [0.2, 0.25) is 0 Å². The van der Waals surface area contributed by atoms with Gasteiger partial charge < -0.3 is 25.3 Å². The van der Waals surface area contributed by atoms with Crippen molar-refractivity contribution in [1.29, 1.82) is 0 Å². The molecule has 0 spiro atoms. The summed E-state index contributed by atoms with van der Waals surface area (Å²) in [5, 5.41) is 26.0. The fourth-order valence-electron chi connectivity index (χ4n) is 2.48. The summed E-state index contributed by atoms with van der Waals surface area (Å²) < 4.78 is 5.48. The third-order valence-corrected chi connectivity index (χ3v) is 3.78. The summed E-state index contributed by atoms with van der Waals surface area (Å²) in [4.78, 5) is 0. The van der Waals surface area contributed by atoms with E-state index in [1.54, 1.807) is 0 Å². The van der Waals surface area contributed by atoms with Gasteiger partial charge in [-0.15, -0.1) is 0 Å². The number of hydrogen-bond acceptors (Lipinski definition) is 5. The fourth-order valence-corrected chi connectivity index (χ4v) is 2.48. The molecule has 0 fully saturated rings. The molecular formula is C16H26N2O3. The standard InChI is InChI=1S/C16H26N2O3/c1-3-4-5-6-9-17-13-14(16(20)15(13)19)18-10-12-8-7-11(2)21-12/h7-8,15-20H,3-6,9-10H2,1-2H3. The molecule has 0 aromatic carbocycles. The monoisotopic (exact) mass is 294 g/mol. The molecule has 0 amide bonds. The summed E-state index contributed by atoms with van der Waals surface area (Å²) in [6.45, 7) is 5.41. The molecule has 1 aliphatic carbocycles. The van der Waals surface area contributed by atoms with E-state index in [0.717, 1.165) is 24.5 Å². The van der Waals surface area contributed by atoms with Crippen molar-refractivity contribution in [1.82, 2.24) is 10.6 Å². The van der Waals surface area contributed by atoms with Crippen molar-refractivity contribution in [2.45, 2.75) is 58.3 Å². The summed E-state index contributed by atoms with van der Waals surface area (Å²) in [5.74, 6) is 1.68. The van der Waals surface area contributed by atoms with Gasteiger partial charge in [0.05, 0.1) is 17.9 Å². The van der Waals surface area contributed by atoms with Gasteiger partial charge in [0.1, 0.15) is 23.7 Å². The number of nitrogens with one attached hydrogen (secondary N) is 2. The maximum atomic E-state index is 9.83. The van der Waals surface area contributed by atoms with Crippen molar-refractivity contribution in [2.24, 2.45) is 0 Å². The first-order valence-corrected chi connectivity index (χ1v) is 7.76. The highest BCUT2D eigenvalue weighted by molar-refractivity contribution is 5.33. The highest BCUT2D eigenvalue weighted by Crippen LogP contribution is 2.25. The highest BCUT2D eigenvalue weighted by atomic mass is 16.3. The van der Waals surface area contributed by atoms with Crippen LogP contribution < -0.4 is 10.6 Å². The predicted octanol–water partition coefficient (Wildman–Crippen LogP) is 1.79. The van der Waals surface area contributed by atoms with Crippen LogP contribution in [0.15, 0.2) is 27.9 Å². The normalized spacial score (nSPS) is 21.3. The molecule has 0 bridgehead atoms. The number of aliphatic hydroxyl groups excluding tert-OH is 2. The second-order valence-corrected chi connectivity index (χ2v) is 5.57. The van der Waals surface area contributed by atoms with Crippen molar-refractivity contribution >= 4 is 0 Å². The van der Waals surface area contributed by atoms with E-state index in [9.17, 15) is 10.2 Å². The maximum Gasteiger partial charge on any atom is 0.127 e. The number of unbranched alkanes of at least 4 members (excludes halogenated alkanes) is 3. The van der Waals surface area contributed by atoms with Gasteiger partial charge in [-0.3, -0.25) is 0 Å². The van der Waals surface area contributed by atoms with Gasteiger partial charge in [0.2, 0.25) is 0 Å². The number of aryl methyl sites for hydroxylation is 1. The largest absolute Gasteiger partial charge is 0.465 e. The van der Waals surface area contributed by atoms with Gasteiger partial charge in [0.15, 0.2) is 0 Å². The van der Waals surface area contributed by atoms with Gasteiger partial charge in [0, 0.05) is 6.54 Å². The van der Waals surface area contributed by atoms with Gasteiger partial charge in [-0.2, -0.15) is 0 Å². The van der Waals surface area contributed by atoms with E-state index in [2.05, 4.69) is 17.6 Å². The van der Waals surface area contributed by atoms with Crippen molar-refractivity contribution in [3.8, 4) is 0 Å². The fraction of sp³-hybridized carbons (Fsp3) is 0.625. The van der Waals surface area contributed by atoms with Crippen molar-refractivity contribution in [3.05, 3.63) is 35.0 Å². The van der Waals surface area contributed by atoms with Crippen LogP contribution in [0.4, 0.5) is 0 Å². The van der Waals surface area contributed by atoms with Gasteiger partial charge >= 0.3 is 0 Å². The zero-order valence-electron chi connectivity index (χ0n) is 12.9. The quantitative estimate of drug-likeness (QED) is 0.522. The van der Waals surface area contributed by atoms with Crippen LogP contribution in [-0.4, -0.2) is 29.0 Å². The minimum atomic E-state index is -0.834. The first-order valence-electron chi connectivity index (χ1n) is 7.76. The first kappa shape index (κ1) is 15.9. The van der Waals surface area contributed by atoms with E-state index in [0.29, 0.717) is 17.9 Å². The Bertz CT molecular complexity index is 482. The molecule has 2 atom stereocenters. The number of furan rings is 1. The molecule has 1 aromatic heterocycles. The van der Waals surface area contributed by atoms with Crippen LogP contribution in [0.1, 0.15) is 44.1 Å². The SMILES string of the molecule is CCCCCCNC1=C(NCc2ccc(C)o2)C(O)C1O. The summed E-state index contributed by atoms with van der Waals surface area (Å²) in [6, 6.07) is 3.81. The van der Waals surface area contributed by atoms with E-state index in [-0.39, 0.29) is 0 Å². The number of aliphatic hydroxyl groups is 2. The Kier molecular flexibility index (Phi) is 5.70. The Labute approximate surface area is 126 Å². The molecule has 2 rings (SSSR count). The summed E-state index contributed by atoms with van der Waals surface area (Å²) in [6.07, 6.45) is 3.05. The lowest BCUT2D eigenvalue weighted by Gasteiger charge is -2.36. The molecule has 5 nitrogen and oxygen atoms in total. The summed E-state index contributed by atoms with van der Waals surface area (Å²) in [7, 11) is 0. The lowest BCUT2D eigenvalue weighted by Crippen LogP contribution is -2.51. The van der Waals surface area contributed by atoms with Gasteiger partial charge in [0.25, 0.3) is 0 Å². The molecule has 0 aliphatic heterocycles. The van der Waals surface area contributed by atoms with Crippen molar-refractivity contribution < 1.29 is 14.6 Å². The van der Waals surface area contributed by atoms with Crippen LogP contribution in [0, 0.1) is 6.92 Å². The minimum Gasteiger partial charge on any atom is -0.465 e. The average molecular weight is 294 g/mol. The Balaban J connectivity index is 1.82. The minimum absolute atomic E-state index is 0.508. The van der Waals surface area contributed by atoms with Crippen LogP contribution in [0.5, 0.6) is 0 Å². The molecular weight excluding hydrogens is 268 g/mol. The second kappa shape index (κ2) is 7.52. The Morgan fingerprint density at radius 2 is 1.76 bits per heavy atom.